The molecule has 0 heterocycles. The molecule has 0 aliphatic rings. The SMILES string of the molecule is CC.CCOC[C@@H](C)NC(=O)C(C)C.[HH]. The number of ether oxygens (including phenoxy) is 1. The van der Waals surface area contributed by atoms with Crippen molar-refractivity contribution in [1.82, 2.24) is 5.32 Å². The summed E-state index contributed by atoms with van der Waals surface area (Å²) in [5.74, 6) is 0.135. The molecule has 0 unspecified atom stereocenters. The Morgan fingerprint density at radius 1 is 1.36 bits per heavy atom. The molecule has 0 rings (SSSR count). The summed E-state index contributed by atoms with van der Waals surface area (Å²) in [6.07, 6.45) is 0. The predicted molar refractivity (Wildman–Crippen MR) is 62.4 cm³/mol. The summed E-state index contributed by atoms with van der Waals surface area (Å²) in [6.45, 7) is 12.9. The lowest BCUT2D eigenvalue weighted by Gasteiger charge is -2.14. The van der Waals surface area contributed by atoms with Crippen LogP contribution in [0.25, 0.3) is 0 Å². The van der Waals surface area contributed by atoms with Crippen LogP contribution in [0.1, 0.15) is 43.0 Å². The Hall–Kier alpha value is -0.570. The Labute approximate surface area is 89.7 Å². The van der Waals surface area contributed by atoms with Crippen molar-refractivity contribution in [2.75, 3.05) is 13.2 Å². The first-order valence-electron chi connectivity index (χ1n) is 5.46. The van der Waals surface area contributed by atoms with Crippen molar-refractivity contribution < 1.29 is 11.0 Å². The van der Waals surface area contributed by atoms with Gasteiger partial charge < -0.3 is 10.1 Å². The third-order valence-corrected chi connectivity index (χ3v) is 1.49. The van der Waals surface area contributed by atoms with Gasteiger partial charge in [0.05, 0.1) is 6.61 Å². The molecule has 14 heavy (non-hydrogen) atoms. The molecule has 0 fully saturated rings. The summed E-state index contributed by atoms with van der Waals surface area (Å²) in [4.78, 5) is 11.1. The zero-order valence-corrected chi connectivity index (χ0v) is 10.4. The fourth-order valence-electron chi connectivity index (χ4n) is 0.746. The monoisotopic (exact) mass is 205 g/mol. The van der Waals surface area contributed by atoms with E-state index in [9.17, 15) is 4.79 Å². The molecular weight excluding hydrogens is 178 g/mol. The largest absolute Gasteiger partial charge is 0.380 e. The van der Waals surface area contributed by atoms with Gasteiger partial charge in [0, 0.05) is 20.0 Å². The van der Waals surface area contributed by atoms with Crippen LogP contribution in [0.15, 0.2) is 0 Å². The molecule has 0 aliphatic carbocycles. The minimum absolute atomic E-state index is 0. The fourth-order valence-corrected chi connectivity index (χ4v) is 0.746. The first-order valence-corrected chi connectivity index (χ1v) is 5.46. The maximum atomic E-state index is 11.1. The number of amides is 1. The highest BCUT2D eigenvalue weighted by Gasteiger charge is 2.09. The van der Waals surface area contributed by atoms with Crippen molar-refractivity contribution >= 4 is 5.91 Å². The molecule has 0 bridgehead atoms. The summed E-state index contributed by atoms with van der Waals surface area (Å²) < 4.78 is 5.16. The molecule has 1 N–H and O–H groups in total. The molecule has 3 nitrogen and oxygen atoms in total. The van der Waals surface area contributed by atoms with Gasteiger partial charge in [-0.2, -0.15) is 0 Å². The molecule has 3 heteroatoms. The van der Waals surface area contributed by atoms with Crippen LogP contribution in [-0.2, 0) is 9.53 Å². The van der Waals surface area contributed by atoms with E-state index in [2.05, 4.69) is 5.32 Å². The maximum absolute atomic E-state index is 11.1. The summed E-state index contributed by atoms with van der Waals surface area (Å²) >= 11 is 0. The van der Waals surface area contributed by atoms with Gasteiger partial charge in [0.2, 0.25) is 5.91 Å². The fraction of sp³-hybridized carbons (Fsp3) is 0.909. The first-order chi connectivity index (χ1) is 6.57. The number of rotatable bonds is 5. The molecule has 0 saturated heterocycles. The summed E-state index contributed by atoms with van der Waals surface area (Å²) in [5.41, 5.74) is 0. The van der Waals surface area contributed by atoms with Gasteiger partial charge in [0.1, 0.15) is 0 Å². The quantitative estimate of drug-likeness (QED) is 0.748. The molecule has 0 saturated carbocycles. The lowest BCUT2D eigenvalue weighted by molar-refractivity contribution is -0.125. The van der Waals surface area contributed by atoms with E-state index >= 15 is 0 Å². The van der Waals surface area contributed by atoms with Crippen molar-refractivity contribution in [3.05, 3.63) is 0 Å². The van der Waals surface area contributed by atoms with E-state index in [1.807, 2.05) is 41.5 Å². The summed E-state index contributed by atoms with van der Waals surface area (Å²) in [7, 11) is 0. The van der Waals surface area contributed by atoms with E-state index in [-0.39, 0.29) is 19.3 Å². The van der Waals surface area contributed by atoms with Gasteiger partial charge >= 0.3 is 0 Å². The van der Waals surface area contributed by atoms with Crippen molar-refractivity contribution in [1.29, 1.82) is 0 Å². The molecule has 0 aromatic carbocycles. The minimum Gasteiger partial charge on any atom is -0.380 e. The molecule has 88 valence electrons. The number of hydrogen-bond acceptors (Lipinski definition) is 2. The van der Waals surface area contributed by atoms with Gasteiger partial charge in [-0.3, -0.25) is 4.79 Å². The third kappa shape index (κ3) is 9.52. The van der Waals surface area contributed by atoms with E-state index in [1.165, 1.54) is 0 Å². The topological polar surface area (TPSA) is 38.3 Å². The average molecular weight is 205 g/mol. The zero-order chi connectivity index (χ0) is 11.6. The van der Waals surface area contributed by atoms with Crippen molar-refractivity contribution in [3.8, 4) is 0 Å². The predicted octanol–water partition coefficient (Wildman–Crippen LogP) is 2.46. The molecule has 0 aromatic rings. The minimum atomic E-state index is 0. The van der Waals surface area contributed by atoms with Crippen LogP contribution >= 0.6 is 0 Å². The molecule has 0 aliphatic heterocycles. The van der Waals surface area contributed by atoms with E-state index in [4.69, 9.17) is 4.74 Å². The Kier molecular flexibility index (Phi) is 11.9. The van der Waals surface area contributed by atoms with Crippen LogP contribution in [0, 0.1) is 5.92 Å². The molecule has 0 radical (unpaired) electrons. The first kappa shape index (κ1) is 15.9. The second-order valence-electron chi connectivity index (χ2n) is 3.22. The third-order valence-electron chi connectivity index (χ3n) is 1.49. The molecule has 0 aromatic heterocycles. The van der Waals surface area contributed by atoms with Gasteiger partial charge in [-0.05, 0) is 13.8 Å². The smallest absolute Gasteiger partial charge is 0.222 e. The lowest BCUT2D eigenvalue weighted by Crippen LogP contribution is -2.38. The van der Waals surface area contributed by atoms with Crippen LogP contribution in [0.2, 0.25) is 0 Å². The standard InChI is InChI=1S/C9H19NO2.C2H6.H2/c1-5-12-6-8(4)10-9(11)7(2)3;1-2;/h7-8H,5-6H2,1-4H3,(H,10,11);1-2H3;1H/t8-;;/m1../s1. The van der Waals surface area contributed by atoms with Gasteiger partial charge in [-0.15, -0.1) is 0 Å². The van der Waals surface area contributed by atoms with Crippen LogP contribution in [0.4, 0.5) is 0 Å². The van der Waals surface area contributed by atoms with Crippen LogP contribution in [0.5, 0.6) is 0 Å². The highest BCUT2D eigenvalue weighted by Crippen LogP contribution is 1.93. The Bertz CT molecular complexity index is 141. The number of carbonyl (C=O) groups is 1. The van der Waals surface area contributed by atoms with Crippen LogP contribution < -0.4 is 5.32 Å². The molecule has 0 spiro atoms. The summed E-state index contributed by atoms with van der Waals surface area (Å²) in [6, 6.07) is 0.111. The Morgan fingerprint density at radius 2 is 1.86 bits per heavy atom. The Morgan fingerprint density at radius 3 is 2.21 bits per heavy atom. The van der Waals surface area contributed by atoms with E-state index in [1.54, 1.807) is 0 Å². The van der Waals surface area contributed by atoms with Gasteiger partial charge in [-0.25, -0.2) is 0 Å². The molecular formula is C11H27NO2. The highest BCUT2D eigenvalue weighted by atomic mass is 16.5. The Balaban J connectivity index is -0.000000449. The average Bonchev–Trinajstić information content (AvgIpc) is 2.17. The van der Waals surface area contributed by atoms with E-state index < -0.39 is 0 Å². The normalized spacial score (nSPS) is 11.6. The number of hydrogen-bond donors (Lipinski definition) is 1. The highest BCUT2D eigenvalue weighted by molar-refractivity contribution is 5.78. The van der Waals surface area contributed by atoms with Gasteiger partial charge in [0.25, 0.3) is 0 Å². The van der Waals surface area contributed by atoms with Gasteiger partial charge in [-0.1, -0.05) is 27.7 Å². The molecule has 1 amide bonds. The van der Waals surface area contributed by atoms with E-state index in [0.29, 0.717) is 13.2 Å². The van der Waals surface area contributed by atoms with Crippen LogP contribution in [-0.4, -0.2) is 25.2 Å². The summed E-state index contributed by atoms with van der Waals surface area (Å²) in [5, 5.41) is 2.85. The number of nitrogens with one attached hydrogen (secondary N) is 1. The van der Waals surface area contributed by atoms with Crippen molar-refractivity contribution in [3.63, 3.8) is 0 Å². The van der Waals surface area contributed by atoms with Crippen LogP contribution in [0.3, 0.4) is 0 Å². The van der Waals surface area contributed by atoms with Crippen molar-refractivity contribution in [2.24, 2.45) is 5.92 Å². The maximum Gasteiger partial charge on any atom is 0.222 e. The second kappa shape index (κ2) is 10.5. The van der Waals surface area contributed by atoms with Gasteiger partial charge in [0.15, 0.2) is 0 Å². The number of carbonyl (C=O) groups excluding carboxylic acids is 1. The zero-order valence-electron chi connectivity index (χ0n) is 10.4. The molecule has 1 atom stereocenters. The van der Waals surface area contributed by atoms with E-state index in [0.717, 1.165) is 0 Å². The van der Waals surface area contributed by atoms with Crippen molar-refractivity contribution in [2.45, 2.75) is 47.6 Å². The lowest BCUT2D eigenvalue weighted by atomic mass is 10.2. The second-order valence-corrected chi connectivity index (χ2v) is 3.22.